The van der Waals surface area contributed by atoms with Crippen molar-refractivity contribution in [3.05, 3.63) is 33.9 Å². The van der Waals surface area contributed by atoms with E-state index in [1.165, 1.54) is 24.0 Å². The number of anilines is 1. The van der Waals surface area contributed by atoms with E-state index < -0.39 is 35.5 Å². The normalized spacial score (nSPS) is 22.5. The fourth-order valence-corrected chi connectivity index (χ4v) is 2.45. The second kappa shape index (κ2) is 5.91. The third-order valence-electron chi connectivity index (χ3n) is 3.31. The summed E-state index contributed by atoms with van der Waals surface area (Å²) in [6, 6.07) is 3.81. The number of rotatable bonds is 3. The lowest BCUT2D eigenvalue weighted by Crippen LogP contribution is -2.52. The first kappa shape index (κ1) is 16.2. The molecule has 0 amide bonds. The molecule has 2 atom stereocenters. The molecule has 0 unspecified atom stereocenters. The fraction of sp³-hybridized carbons (Fsp3) is 0.462. The maximum absolute atomic E-state index is 12.9. The van der Waals surface area contributed by atoms with Crippen LogP contribution in [0.1, 0.15) is 17.3 Å². The lowest BCUT2D eigenvalue weighted by Gasteiger charge is -2.38. The van der Waals surface area contributed by atoms with Crippen LogP contribution in [0, 0.1) is 10.1 Å². The highest BCUT2D eigenvalue weighted by molar-refractivity contribution is 5.89. The maximum Gasteiger partial charge on any atom is 0.416 e. The molecule has 120 valence electrons. The molecular formula is C13H13F3N2O4. The highest BCUT2D eigenvalue weighted by atomic mass is 19.4. The first-order chi connectivity index (χ1) is 10.2. The van der Waals surface area contributed by atoms with Crippen LogP contribution in [0.5, 0.6) is 0 Å². The van der Waals surface area contributed by atoms with Crippen LogP contribution in [0.3, 0.4) is 0 Å². The van der Waals surface area contributed by atoms with Gasteiger partial charge in [-0.1, -0.05) is 6.07 Å². The summed E-state index contributed by atoms with van der Waals surface area (Å²) in [5, 5.41) is 11.1. The third-order valence-corrected chi connectivity index (χ3v) is 3.31. The molecule has 0 saturated carbocycles. The number of ether oxygens (including phenoxy) is 1. The standard InChI is InChI=1S/C13H13F3N2O4/c1-8-5-17(6-11(22-8)13(14,15)16)12-9(7-19)3-2-4-10(12)18(20)21/h2-4,7-8,11H,5-6H2,1H3/t8-,11-/m0/s1. The molecule has 0 spiro atoms. The monoisotopic (exact) mass is 318 g/mol. The smallest absolute Gasteiger partial charge is 0.362 e. The van der Waals surface area contributed by atoms with Crippen LogP contribution < -0.4 is 4.90 Å². The Balaban J connectivity index is 2.46. The van der Waals surface area contributed by atoms with Gasteiger partial charge < -0.3 is 9.64 Å². The molecule has 1 aliphatic heterocycles. The molecule has 0 aliphatic carbocycles. The molecule has 0 bridgehead atoms. The van der Waals surface area contributed by atoms with Crippen LogP contribution in [-0.2, 0) is 4.74 Å². The van der Waals surface area contributed by atoms with E-state index in [4.69, 9.17) is 4.74 Å². The molecular weight excluding hydrogens is 305 g/mol. The number of hydrogen-bond donors (Lipinski definition) is 0. The van der Waals surface area contributed by atoms with E-state index in [-0.39, 0.29) is 17.8 Å². The molecule has 1 aliphatic rings. The number of nitro groups is 1. The second-order valence-electron chi connectivity index (χ2n) is 4.97. The average molecular weight is 318 g/mol. The summed E-state index contributed by atoms with van der Waals surface area (Å²) in [6.45, 7) is 0.873. The third kappa shape index (κ3) is 3.19. The molecule has 1 aromatic carbocycles. The Morgan fingerprint density at radius 3 is 2.64 bits per heavy atom. The van der Waals surface area contributed by atoms with Crippen molar-refractivity contribution in [2.75, 3.05) is 18.0 Å². The Hall–Kier alpha value is -2.16. The molecule has 0 N–H and O–H groups in total. The predicted octanol–water partition coefficient (Wildman–Crippen LogP) is 2.56. The van der Waals surface area contributed by atoms with Crippen molar-refractivity contribution in [1.29, 1.82) is 0 Å². The van der Waals surface area contributed by atoms with Crippen molar-refractivity contribution in [1.82, 2.24) is 0 Å². The van der Waals surface area contributed by atoms with E-state index in [9.17, 15) is 28.1 Å². The number of alkyl halides is 3. The van der Waals surface area contributed by atoms with Crippen LogP contribution >= 0.6 is 0 Å². The van der Waals surface area contributed by atoms with Gasteiger partial charge >= 0.3 is 6.18 Å². The van der Waals surface area contributed by atoms with Crippen molar-refractivity contribution in [3.63, 3.8) is 0 Å². The van der Waals surface area contributed by atoms with Crippen molar-refractivity contribution in [2.45, 2.75) is 25.3 Å². The Kier molecular flexibility index (Phi) is 4.36. The fourth-order valence-electron chi connectivity index (χ4n) is 2.45. The summed E-state index contributed by atoms with van der Waals surface area (Å²) >= 11 is 0. The minimum atomic E-state index is -4.59. The highest BCUT2D eigenvalue weighted by Gasteiger charge is 2.46. The van der Waals surface area contributed by atoms with Gasteiger partial charge in [0.25, 0.3) is 5.69 Å². The van der Waals surface area contributed by atoms with Gasteiger partial charge in [0.2, 0.25) is 0 Å². The van der Waals surface area contributed by atoms with E-state index in [1.54, 1.807) is 0 Å². The number of carbonyl (C=O) groups excluding carboxylic acids is 1. The first-order valence-electron chi connectivity index (χ1n) is 6.43. The molecule has 22 heavy (non-hydrogen) atoms. The molecule has 2 rings (SSSR count). The van der Waals surface area contributed by atoms with Gasteiger partial charge in [0.15, 0.2) is 12.4 Å². The van der Waals surface area contributed by atoms with Crippen LogP contribution in [0.15, 0.2) is 18.2 Å². The number of benzene rings is 1. The largest absolute Gasteiger partial charge is 0.416 e. The molecule has 1 fully saturated rings. The van der Waals surface area contributed by atoms with Gasteiger partial charge in [-0.25, -0.2) is 0 Å². The van der Waals surface area contributed by atoms with Gasteiger partial charge in [0, 0.05) is 18.2 Å². The van der Waals surface area contributed by atoms with Crippen molar-refractivity contribution >= 4 is 17.7 Å². The summed E-state index contributed by atoms with van der Waals surface area (Å²) in [5.74, 6) is 0. The first-order valence-corrected chi connectivity index (χ1v) is 6.43. The van der Waals surface area contributed by atoms with E-state index in [1.807, 2.05) is 0 Å². The van der Waals surface area contributed by atoms with Crippen LogP contribution in [0.4, 0.5) is 24.5 Å². The summed E-state index contributed by atoms with van der Waals surface area (Å²) in [6.07, 6.45) is -7.03. The SMILES string of the molecule is C[C@H]1CN(c2c(C=O)cccc2[N+](=O)[O-])C[C@@H](C(F)(F)F)O1. The Morgan fingerprint density at radius 2 is 2.09 bits per heavy atom. The molecule has 0 radical (unpaired) electrons. The lowest BCUT2D eigenvalue weighted by molar-refractivity contribution is -0.384. The topological polar surface area (TPSA) is 72.7 Å². The molecule has 6 nitrogen and oxygen atoms in total. The highest BCUT2D eigenvalue weighted by Crippen LogP contribution is 2.36. The summed E-state index contributed by atoms with van der Waals surface area (Å²) in [4.78, 5) is 22.7. The van der Waals surface area contributed by atoms with Crippen molar-refractivity contribution in [2.24, 2.45) is 0 Å². The summed E-state index contributed by atoms with van der Waals surface area (Å²) in [5.41, 5.74) is -0.532. The quantitative estimate of drug-likeness (QED) is 0.486. The minimum Gasteiger partial charge on any atom is -0.362 e. The number of morpholine rings is 1. The lowest BCUT2D eigenvalue weighted by atomic mass is 10.1. The minimum absolute atomic E-state index is 0.0239. The number of carbonyl (C=O) groups is 1. The Morgan fingerprint density at radius 1 is 1.41 bits per heavy atom. The number of halogens is 3. The van der Waals surface area contributed by atoms with Gasteiger partial charge in [-0.15, -0.1) is 0 Å². The van der Waals surface area contributed by atoms with Crippen LogP contribution in [-0.4, -0.2) is 42.7 Å². The Bertz CT molecular complexity index is 591. The molecule has 1 heterocycles. The van der Waals surface area contributed by atoms with Gasteiger partial charge in [0.05, 0.1) is 17.6 Å². The molecule has 0 aromatic heterocycles. The molecule has 1 saturated heterocycles. The number of para-hydroxylation sites is 1. The van der Waals surface area contributed by atoms with Gasteiger partial charge in [-0.2, -0.15) is 13.2 Å². The van der Waals surface area contributed by atoms with E-state index in [0.29, 0.717) is 6.29 Å². The van der Waals surface area contributed by atoms with Crippen LogP contribution in [0.2, 0.25) is 0 Å². The number of aldehydes is 1. The summed E-state index contributed by atoms with van der Waals surface area (Å²) in [7, 11) is 0. The number of nitrogens with zero attached hydrogens (tertiary/aromatic N) is 2. The Labute approximate surface area is 123 Å². The maximum atomic E-state index is 12.9. The zero-order valence-corrected chi connectivity index (χ0v) is 11.5. The van der Waals surface area contributed by atoms with E-state index in [0.717, 1.165) is 6.07 Å². The van der Waals surface area contributed by atoms with E-state index >= 15 is 0 Å². The van der Waals surface area contributed by atoms with Gasteiger partial charge in [-0.3, -0.25) is 14.9 Å². The average Bonchev–Trinajstić information content (AvgIpc) is 2.44. The number of hydrogen-bond acceptors (Lipinski definition) is 5. The predicted molar refractivity (Wildman–Crippen MR) is 71.1 cm³/mol. The number of nitro benzene ring substituents is 1. The molecule has 1 aromatic rings. The van der Waals surface area contributed by atoms with Gasteiger partial charge in [0.1, 0.15) is 5.69 Å². The van der Waals surface area contributed by atoms with Crippen LogP contribution in [0.25, 0.3) is 0 Å². The van der Waals surface area contributed by atoms with Crippen molar-refractivity contribution < 1.29 is 27.6 Å². The van der Waals surface area contributed by atoms with E-state index in [2.05, 4.69) is 0 Å². The van der Waals surface area contributed by atoms with Crippen molar-refractivity contribution in [3.8, 4) is 0 Å². The second-order valence-corrected chi connectivity index (χ2v) is 4.97. The summed E-state index contributed by atoms with van der Waals surface area (Å²) < 4.78 is 43.5. The zero-order valence-electron chi connectivity index (χ0n) is 11.5. The van der Waals surface area contributed by atoms with Gasteiger partial charge in [-0.05, 0) is 13.0 Å². The zero-order chi connectivity index (χ0) is 16.5. The molecule has 9 heteroatoms.